The number of esters is 1. The van der Waals surface area contributed by atoms with E-state index < -0.39 is 17.9 Å². The summed E-state index contributed by atoms with van der Waals surface area (Å²) in [6.07, 6.45) is -4.55. The molecule has 0 fully saturated rings. The van der Waals surface area contributed by atoms with E-state index in [1.54, 1.807) is 0 Å². The third-order valence-corrected chi connectivity index (χ3v) is 2.58. The molecule has 8 heteroatoms. The molecule has 1 aromatic carbocycles. The Labute approximate surface area is 123 Å². The Morgan fingerprint density at radius 2 is 1.95 bits per heavy atom. The second kappa shape index (κ2) is 6.62. The van der Waals surface area contributed by atoms with E-state index in [1.165, 1.54) is 25.1 Å². The van der Waals surface area contributed by atoms with Gasteiger partial charge in [0.2, 0.25) is 0 Å². The van der Waals surface area contributed by atoms with Crippen LogP contribution in [0.15, 0.2) is 30.0 Å². The van der Waals surface area contributed by atoms with Crippen LogP contribution >= 0.6 is 11.6 Å². The van der Waals surface area contributed by atoms with E-state index in [1.807, 2.05) is 0 Å². The van der Waals surface area contributed by atoms with Gasteiger partial charge in [0.25, 0.3) is 5.78 Å². The average molecular weight is 322 g/mol. The van der Waals surface area contributed by atoms with Crippen molar-refractivity contribution in [3.05, 3.63) is 40.6 Å². The molecule has 4 nitrogen and oxygen atoms in total. The molecule has 0 heterocycles. The van der Waals surface area contributed by atoms with Gasteiger partial charge in [-0.15, -0.1) is 0 Å². The molecule has 0 aliphatic rings. The maximum Gasteiger partial charge on any atom is 0.454 e. The molecule has 0 bridgehead atoms. The van der Waals surface area contributed by atoms with Gasteiger partial charge in [0.1, 0.15) is 0 Å². The standard InChI is InChI=1S/C13H11ClF3NO3/c1-7(5-11(19)13(15,16)17)18-10-4-3-8(14)6-9(10)12(20)21-2/h3-6,18H,1-2H3. The van der Waals surface area contributed by atoms with Crippen LogP contribution in [0.1, 0.15) is 17.3 Å². The SMILES string of the molecule is COC(=O)c1cc(Cl)ccc1NC(C)=CC(=O)C(F)(F)F. The van der Waals surface area contributed by atoms with Gasteiger partial charge in [-0.05, 0) is 25.1 Å². The Hall–Kier alpha value is -2.02. The van der Waals surface area contributed by atoms with Crippen LogP contribution in [0.5, 0.6) is 0 Å². The number of halogens is 4. The summed E-state index contributed by atoms with van der Waals surface area (Å²) < 4.78 is 41.0. The van der Waals surface area contributed by atoms with Gasteiger partial charge in [0, 0.05) is 16.8 Å². The molecule has 0 atom stereocenters. The van der Waals surface area contributed by atoms with E-state index in [-0.39, 0.29) is 22.0 Å². The molecule has 1 rings (SSSR count). The lowest BCUT2D eigenvalue weighted by Gasteiger charge is -2.11. The van der Waals surface area contributed by atoms with Crippen molar-refractivity contribution in [1.82, 2.24) is 0 Å². The number of anilines is 1. The van der Waals surface area contributed by atoms with Gasteiger partial charge >= 0.3 is 12.1 Å². The largest absolute Gasteiger partial charge is 0.465 e. The Morgan fingerprint density at radius 3 is 2.48 bits per heavy atom. The van der Waals surface area contributed by atoms with Gasteiger partial charge in [-0.1, -0.05) is 11.6 Å². The molecule has 0 saturated carbocycles. The first-order valence-electron chi connectivity index (χ1n) is 5.59. The van der Waals surface area contributed by atoms with Crippen LogP contribution in [-0.4, -0.2) is 25.0 Å². The van der Waals surface area contributed by atoms with Crippen LogP contribution in [-0.2, 0) is 9.53 Å². The van der Waals surface area contributed by atoms with Crippen LogP contribution < -0.4 is 5.32 Å². The number of rotatable bonds is 4. The van der Waals surface area contributed by atoms with Crippen molar-refractivity contribution in [1.29, 1.82) is 0 Å². The van der Waals surface area contributed by atoms with Crippen molar-refractivity contribution in [2.75, 3.05) is 12.4 Å². The van der Waals surface area contributed by atoms with Gasteiger partial charge < -0.3 is 10.1 Å². The number of benzene rings is 1. The van der Waals surface area contributed by atoms with Gasteiger partial charge in [-0.2, -0.15) is 13.2 Å². The van der Waals surface area contributed by atoms with Crippen molar-refractivity contribution < 1.29 is 27.5 Å². The third kappa shape index (κ3) is 4.78. The molecule has 0 aliphatic carbocycles. The highest BCUT2D eigenvalue weighted by Gasteiger charge is 2.36. The Morgan fingerprint density at radius 1 is 1.33 bits per heavy atom. The summed E-state index contributed by atoms with van der Waals surface area (Å²) in [4.78, 5) is 22.4. The summed E-state index contributed by atoms with van der Waals surface area (Å²) in [5.41, 5.74) is 0.136. The molecule has 1 aromatic rings. The fraction of sp³-hybridized carbons (Fsp3) is 0.231. The highest BCUT2D eigenvalue weighted by atomic mass is 35.5. The first-order chi connectivity index (χ1) is 9.65. The molecule has 0 amide bonds. The van der Waals surface area contributed by atoms with Crippen molar-refractivity contribution >= 4 is 29.0 Å². The molecule has 0 unspecified atom stereocenters. The van der Waals surface area contributed by atoms with E-state index in [9.17, 15) is 22.8 Å². The topological polar surface area (TPSA) is 55.4 Å². The van der Waals surface area contributed by atoms with Gasteiger partial charge in [0.15, 0.2) is 0 Å². The second-order valence-corrected chi connectivity index (χ2v) is 4.43. The Bertz CT molecular complexity index is 597. The number of hydrogen-bond donors (Lipinski definition) is 1. The average Bonchev–Trinajstić information content (AvgIpc) is 2.38. The highest BCUT2D eigenvalue weighted by molar-refractivity contribution is 6.31. The number of hydrogen-bond acceptors (Lipinski definition) is 4. The molecular weight excluding hydrogens is 311 g/mol. The number of carbonyl (C=O) groups excluding carboxylic acids is 2. The number of ether oxygens (including phenoxy) is 1. The fourth-order valence-corrected chi connectivity index (χ4v) is 1.60. The van der Waals surface area contributed by atoms with Crippen LogP contribution in [0.2, 0.25) is 5.02 Å². The zero-order valence-electron chi connectivity index (χ0n) is 11.0. The zero-order valence-corrected chi connectivity index (χ0v) is 11.8. The lowest BCUT2D eigenvalue weighted by atomic mass is 10.1. The van der Waals surface area contributed by atoms with Gasteiger partial charge in [-0.3, -0.25) is 4.79 Å². The van der Waals surface area contributed by atoms with Crippen molar-refractivity contribution in [3.63, 3.8) is 0 Å². The number of alkyl halides is 3. The molecule has 0 aliphatic heterocycles. The second-order valence-electron chi connectivity index (χ2n) is 4.00. The molecule has 0 spiro atoms. The minimum absolute atomic E-state index is 0.0391. The zero-order chi connectivity index (χ0) is 16.2. The van der Waals surface area contributed by atoms with Crippen molar-refractivity contribution in [2.24, 2.45) is 0 Å². The maximum atomic E-state index is 12.1. The first-order valence-corrected chi connectivity index (χ1v) is 5.97. The summed E-state index contributed by atoms with van der Waals surface area (Å²) >= 11 is 5.75. The number of nitrogens with one attached hydrogen (secondary N) is 1. The predicted octanol–water partition coefficient (Wildman–Crippen LogP) is 3.57. The molecule has 21 heavy (non-hydrogen) atoms. The van der Waals surface area contributed by atoms with E-state index in [0.29, 0.717) is 6.08 Å². The number of carbonyl (C=O) groups is 2. The summed E-state index contributed by atoms with van der Waals surface area (Å²) in [5.74, 6) is -2.71. The van der Waals surface area contributed by atoms with Crippen molar-refractivity contribution in [2.45, 2.75) is 13.1 Å². The van der Waals surface area contributed by atoms with Gasteiger partial charge in [-0.25, -0.2) is 4.79 Å². The van der Waals surface area contributed by atoms with Crippen LogP contribution in [0, 0.1) is 0 Å². The lowest BCUT2D eigenvalue weighted by molar-refractivity contribution is -0.165. The summed E-state index contributed by atoms with van der Waals surface area (Å²) in [6.45, 7) is 1.26. The first kappa shape index (κ1) is 17.0. The fourth-order valence-electron chi connectivity index (χ4n) is 1.43. The van der Waals surface area contributed by atoms with Crippen LogP contribution in [0.4, 0.5) is 18.9 Å². The van der Waals surface area contributed by atoms with Crippen LogP contribution in [0.25, 0.3) is 0 Å². The Balaban J connectivity index is 3.05. The minimum Gasteiger partial charge on any atom is -0.465 e. The molecule has 0 saturated heterocycles. The monoisotopic (exact) mass is 321 g/mol. The van der Waals surface area contributed by atoms with E-state index in [0.717, 1.165) is 7.11 Å². The quantitative estimate of drug-likeness (QED) is 0.680. The molecular formula is C13H11ClF3NO3. The predicted molar refractivity (Wildman–Crippen MR) is 71.2 cm³/mol. The smallest absolute Gasteiger partial charge is 0.454 e. The minimum atomic E-state index is -4.95. The summed E-state index contributed by atoms with van der Waals surface area (Å²) in [5, 5.41) is 2.80. The maximum absolute atomic E-state index is 12.1. The Kier molecular flexibility index (Phi) is 5.37. The van der Waals surface area contributed by atoms with E-state index in [4.69, 9.17) is 11.6 Å². The van der Waals surface area contributed by atoms with E-state index in [2.05, 4.69) is 10.1 Å². The molecule has 1 N–H and O–H groups in total. The lowest BCUT2D eigenvalue weighted by Crippen LogP contribution is -2.21. The molecule has 114 valence electrons. The number of methoxy groups -OCH3 is 1. The number of allylic oxidation sites excluding steroid dienone is 2. The number of ketones is 1. The molecule has 0 aromatic heterocycles. The summed E-state index contributed by atoms with van der Waals surface area (Å²) in [7, 11) is 1.16. The third-order valence-electron chi connectivity index (χ3n) is 2.35. The van der Waals surface area contributed by atoms with E-state index >= 15 is 0 Å². The van der Waals surface area contributed by atoms with Gasteiger partial charge in [0.05, 0.1) is 18.4 Å². The van der Waals surface area contributed by atoms with Crippen molar-refractivity contribution in [3.8, 4) is 0 Å². The molecule has 0 radical (unpaired) electrons. The summed E-state index contributed by atoms with van der Waals surface area (Å²) in [6, 6.07) is 4.13. The van der Waals surface area contributed by atoms with Crippen LogP contribution in [0.3, 0.4) is 0 Å². The highest BCUT2D eigenvalue weighted by Crippen LogP contribution is 2.23. The normalized spacial score (nSPS) is 12.0.